The summed E-state index contributed by atoms with van der Waals surface area (Å²) in [5, 5.41) is 4.50. The van der Waals surface area contributed by atoms with E-state index in [0.717, 1.165) is 59.3 Å². The fourth-order valence-corrected chi connectivity index (χ4v) is 3.10. The Morgan fingerprint density at radius 3 is 2.48 bits per heavy atom. The van der Waals surface area contributed by atoms with E-state index in [1.165, 1.54) is 0 Å². The van der Waals surface area contributed by atoms with E-state index < -0.39 is 0 Å². The normalized spacial score (nSPS) is 10.5. The summed E-state index contributed by atoms with van der Waals surface area (Å²) in [6.07, 6.45) is 3.16. The van der Waals surface area contributed by atoms with E-state index >= 15 is 0 Å². The van der Waals surface area contributed by atoms with Crippen LogP contribution >= 0.6 is 0 Å². The number of aromatic nitrogens is 2. The molecule has 3 rings (SSSR count). The van der Waals surface area contributed by atoms with E-state index in [1.54, 1.807) is 0 Å². The van der Waals surface area contributed by atoms with Crippen LogP contribution in [0.25, 0.3) is 10.9 Å². The molecule has 0 spiro atoms. The zero-order valence-electron chi connectivity index (χ0n) is 18.0. The standard InChI is InChI=1S/C22H26N4O.C2H6/c1-3-4-13-23-22-19-11-7-8-12-20(19)24-21(25-22)15-26(2)14-17-9-5-6-10-18(17)16-27;1-2/h5-12,16H,3-4,13-15H2,1-2H3,(H,23,24,25);1-2H3. The highest BCUT2D eigenvalue weighted by Gasteiger charge is 2.11. The monoisotopic (exact) mass is 392 g/mol. The molecule has 0 atom stereocenters. The fourth-order valence-electron chi connectivity index (χ4n) is 3.10. The molecule has 0 radical (unpaired) electrons. The number of hydrogen-bond acceptors (Lipinski definition) is 5. The first-order chi connectivity index (χ1) is 14.2. The molecule has 0 amide bonds. The van der Waals surface area contributed by atoms with Gasteiger partial charge in [-0.25, -0.2) is 9.97 Å². The number of nitrogens with one attached hydrogen (secondary N) is 1. The molecular formula is C24H32N4O. The van der Waals surface area contributed by atoms with Crippen molar-refractivity contribution in [3.05, 3.63) is 65.5 Å². The second kappa shape index (κ2) is 11.9. The molecule has 0 saturated heterocycles. The van der Waals surface area contributed by atoms with E-state index in [1.807, 2.05) is 63.4 Å². The molecule has 0 aliphatic carbocycles. The third-order valence-corrected chi connectivity index (χ3v) is 4.51. The van der Waals surface area contributed by atoms with Gasteiger partial charge in [0, 0.05) is 24.0 Å². The van der Waals surface area contributed by atoms with Gasteiger partial charge in [-0.1, -0.05) is 63.6 Å². The van der Waals surface area contributed by atoms with Crippen LogP contribution in [0, 0.1) is 0 Å². The molecule has 0 saturated carbocycles. The number of para-hydroxylation sites is 1. The van der Waals surface area contributed by atoms with E-state index in [-0.39, 0.29) is 0 Å². The predicted molar refractivity (Wildman–Crippen MR) is 121 cm³/mol. The Hall–Kier alpha value is -2.79. The van der Waals surface area contributed by atoms with Gasteiger partial charge in [0.15, 0.2) is 0 Å². The Morgan fingerprint density at radius 1 is 1.00 bits per heavy atom. The van der Waals surface area contributed by atoms with E-state index in [2.05, 4.69) is 23.2 Å². The van der Waals surface area contributed by atoms with Gasteiger partial charge in [-0.2, -0.15) is 0 Å². The average Bonchev–Trinajstić information content (AvgIpc) is 2.75. The highest BCUT2D eigenvalue weighted by atomic mass is 16.1. The molecule has 154 valence electrons. The van der Waals surface area contributed by atoms with Crippen LogP contribution in [0.4, 0.5) is 5.82 Å². The van der Waals surface area contributed by atoms with E-state index in [9.17, 15) is 4.79 Å². The number of rotatable bonds is 9. The maximum atomic E-state index is 11.2. The lowest BCUT2D eigenvalue weighted by Gasteiger charge is -2.18. The summed E-state index contributed by atoms with van der Waals surface area (Å²) in [5.41, 5.74) is 2.69. The highest BCUT2D eigenvalue weighted by Crippen LogP contribution is 2.21. The van der Waals surface area contributed by atoms with Gasteiger partial charge in [-0.05, 0) is 31.2 Å². The van der Waals surface area contributed by atoms with Gasteiger partial charge in [0.05, 0.1) is 12.1 Å². The Labute approximate surface area is 174 Å². The smallest absolute Gasteiger partial charge is 0.150 e. The van der Waals surface area contributed by atoms with Crippen molar-refractivity contribution in [3.8, 4) is 0 Å². The predicted octanol–water partition coefficient (Wildman–Crippen LogP) is 5.31. The Bertz CT molecular complexity index is 910. The van der Waals surface area contributed by atoms with Crippen molar-refractivity contribution in [1.29, 1.82) is 0 Å². The second-order valence-corrected chi connectivity index (χ2v) is 6.77. The van der Waals surface area contributed by atoms with Crippen molar-refractivity contribution in [1.82, 2.24) is 14.9 Å². The van der Waals surface area contributed by atoms with Gasteiger partial charge >= 0.3 is 0 Å². The highest BCUT2D eigenvalue weighted by molar-refractivity contribution is 5.88. The molecule has 0 aliphatic rings. The molecular weight excluding hydrogens is 360 g/mol. The third kappa shape index (κ3) is 6.36. The molecule has 29 heavy (non-hydrogen) atoms. The van der Waals surface area contributed by atoms with Crippen LogP contribution in [0.2, 0.25) is 0 Å². The number of fused-ring (bicyclic) bond motifs is 1. The van der Waals surface area contributed by atoms with Crippen molar-refractivity contribution in [3.63, 3.8) is 0 Å². The summed E-state index contributed by atoms with van der Waals surface area (Å²) < 4.78 is 0. The molecule has 1 heterocycles. The van der Waals surface area contributed by atoms with E-state index in [0.29, 0.717) is 13.1 Å². The lowest BCUT2D eigenvalue weighted by atomic mass is 10.1. The van der Waals surface area contributed by atoms with E-state index in [4.69, 9.17) is 9.97 Å². The summed E-state index contributed by atoms with van der Waals surface area (Å²) in [4.78, 5) is 22.8. The number of nitrogens with zero attached hydrogens (tertiary/aromatic N) is 3. The number of carbonyl (C=O) groups is 1. The van der Waals surface area contributed by atoms with Crippen LogP contribution in [0.15, 0.2) is 48.5 Å². The van der Waals surface area contributed by atoms with Crippen molar-refractivity contribution >= 4 is 23.0 Å². The lowest BCUT2D eigenvalue weighted by molar-refractivity contribution is 0.112. The largest absolute Gasteiger partial charge is 0.369 e. The SMILES string of the molecule is CC.CCCCNc1nc(CN(C)Cc2ccccc2C=O)nc2ccccc12. The van der Waals surface area contributed by atoms with Crippen LogP contribution in [-0.2, 0) is 13.1 Å². The molecule has 0 bridgehead atoms. The second-order valence-electron chi connectivity index (χ2n) is 6.77. The summed E-state index contributed by atoms with van der Waals surface area (Å²) in [5.74, 6) is 1.67. The quantitative estimate of drug-likeness (QED) is 0.395. The number of anilines is 1. The van der Waals surface area contributed by atoms with Crippen molar-refractivity contribution in [2.24, 2.45) is 0 Å². The topological polar surface area (TPSA) is 58.1 Å². The zero-order valence-corrected chi connectivity index (χ0v) is 18.0. The number of unbranched alkanes of at least 4 members (excludes halogenated alkanes) is 1. The van der Waals surface area contributed by atoms with Crippen molar-refractivity contribution < 1.29 is 4.79 Å². The van der Waals surface area contributed by atoms with Crippen LogP contribution in [0.3, 0.4) is 0 Å². The number of carbonyl (C=O) groups excluding carboxylic acids is 1. The molecule has 1 N–H and O–H groups in total. The summed E-state index contributed by atoms with van der Waals surface area (Å²) in [6, 6.07) is 15.8. The van der Waals surface area contributed by atoms with Gasteiger partial charge in [-0.3, -0.25) is 9.69 Å². The molecule has 2 aromatic carbocycles. The number of benzene rings is 2. The molecule has 5 heteroatoms. The first-order valence-electron chi connectivity index (χ1n) is 10.4. The lowest BCUT2D eigenvalue weighted by Crippen LogP contribution is -2.20. The summed E-state index contributed by atoms with van der Waals surface area (Å²) >= 11 is 0. The van der Waals surface area contributed by atoms with Gasteiger partial charge in [0.2, 0.25) is 0 Å². The molecule has 3 aromatic rings. The van der Waals surface area contributed by atoms with Crippen molar-refractivity contribution in [2.75, 3.05) is 18.9 Å². The maximum absolute atomic E-state index is 11.2. The van der Waals surface area contributed by atoms with Gasteiger partial charge in [-0.15, -0.1) is 0 Å². The molecule has 0 unspecified atom stereocenters. The minimum absolute atomic E-state index is 0.612. The first kappa shape index (κ1) is 22.5. The molecule has 0 fully saturated rings. The summed E-state index contributed by atoms with van der Waals surface area (Å²) in [6.45, 7) is 8.36. The minimum atomic E-state index is 0.612. The minimum Gasteiger partial charge on any atom is -0.369 e. The fraction of sp³-hybridized carbons (Fsp3) is 0.375. The van der Waals surface area contributed by atoms with Crippen LogP contribution in [-0.4, -0.2) is 34.7 Å². The maximum Gasteiger partial charge on any atom is 0.150 e. The van der Waals surface area contributed by atoms with Crippen LogP contribution in [0.5, 0.6) is 0 Å². The average molecular weight is 393 g/mol. The molecule has 1 aromatic heterocycles. The van der Waals surface area contributed by atoms with Gasteiger partial charge in [0.1, 0.15) is 17.9 Å². The first-order valence-corrected chi connectivity index (χ1v) is 10.4. The summed E-state index contributed by atoms with van der Waals surface area (Å²) in [7, 11) is 2.02. The Morgan fingerprint density at radius 2 is 1.72 bits per heavy atom. The zero-order chi connectivity index (χ0) is 21.1. The van der Waals surface area contributed by atoms with Crippen LogP contribution < -0.4 is 5.32 Å². The molecule has 0 aliphatic heterocycles. The Kier molecular flexibility index (Phi) is 9.25. The van der Waals surface area contributed by atoms with Crippen LogP contribution in [0.1, 0.15) is 55.4 Å². The van der Waals surface area contributed by atoms with Crippen molar-refractivity contribution in [2.45, 2.75) is 46.7 Å². The number of hydrogen-bond donors (Lipinski definition) is 1. The van der Waals surface area contributed by atoms with Gasteiger partial charge in [0.25, 0.3) is 0 Å². The molecule has 5 nitrogen and oxygen atoms in total. The Balaban J connectivity index is 0.00000145. The third-order valence-electron chi connectivity index (χ3n) is 4.51. The number of aldehydes is 1. The van der Waals surface area contributed by atoms with Gasteiger partial charge < -0.3 is 5.32 Å².